The summed E-state index contributed by atoms with van der Waals surface area (Å²) < 4.78 is 14.6. The van der Waals surface area contributed by atoms with Crippen molar-refractivity contribution in [2.45, 2.75) is 13.5 Å². The van der Waals surface area contributed by atoms with E-state index in [1.165, 1.54) is 6.07 Å². The van der Waals surface area contributed by atoms with E-state index in [1.807, 2.05) is 19.1 Å². The van der Waals surface area contributed by atoms with E-state index in [9.17, 15) is 9.50 Å². The molecule has 5 heteroatoms. The lowest BCUT2D eigenvalue weighted by atomic mass is 10.1. The predicted octanol–water partition coefficient (Wildman–Crippen LogP) is 4.98. The molecule has 0 amide bonds. The van der Waals surface area contributed by atoms with Gasteiger partial charge in [-0.1, -0.05) is 6.07 Å². The fourth-order valence-electron chi connectivity index (χ4n) is 1.69. The van der Waals surface area contributed by atoms with Gasteiger partial charge < -0.3 is 10.4 Å². The molecule has 2 N–H and O–H groups in total. The Morgan fingerprint density at radius 1 is 1.16 bits per heavy atom. The quantitative estimate of drug-likeness (QED) is 0.777. The first-order valence-corrected chi connectivity index (χ1v) is 7.23. The summed E-state index contributed by atoms with van der Waals surface area (Å²) in [5.74, 6) is -0.0883. The van der Waals surface area contributed by atoms with Crippen molar-refractivity contribution in [1.82, 2.24) is 0 Å². The molecule has 0 heterocycles. The summed E-state index contributed by atoms with van der Waals surface area (Å²) in [6.07, 6.45) is 0. The number of phenols is 1. The monoisotopic (exact) mass is 387 g/mol. The maximum Gasteiger partial charge on any atom is 0.139 e. The molecule has 0 unspecified atom stereocenters. The lowest BCUT2D eigenvalue weighted by Crippen LogP contribution is -2.01. The minimum absolute atomic E-state index is 0.203. The maximum atomic E-state index is 13.5. The molecule has 0 atom stereocenters. The van der Waals surface area contributed by atoms with Gasteiger partial charge in [-0.3, -0.25) is 0 Å². The molecule has 0 aliphatic carbocycles. The van der Waals surface area contributed by atoms with E-state index in [0.717, 1.165) is 16.8 Å². The summed E-state index contributed by atoms with van der Waals surface area (Å²) in [4.78, 5) is 0. The van der Waals surface area contributed by atoms with E-state index >= 15 is 0 Å². The second-order valence-corrected chi connectivity index (χ2v) is 5.93. The van der Waals surface area contributed by atoms with Gasteiger partial charge in [-0.15, -0.1) is 0 Å². The molecule has 100 valence electrons. The molecule has 0 aliphatic rings. The summed E-state index contributed by atoms with van der Waals surface area (Å²) in [5.41, 5.74) is 2.71. The van der Waals surface area contributed by atoms with Crippen LogP contribution in [0.3, 0.4) is 0 Å². The van der Waals surface area contributed by atoms with Gasteiger partial charge in [0.05, 0.1) is 8.95 Å². The summed E-state index contributed by atoms with van der Waals surface area (Å²) >= 11 is 6.42. The molecule has 0 radical (unpaired) electrons. The number of rotatable bonds is 3. The van der Waals surface area contributed by atoms with Gasteiger partial charge in [0.15, 0.2) is 0 Å². The maximum absolute atomic E-state index is 13.5. The largest absolute Gasteiger partial charge is 0.507 e. The van der Waals surface area contributed by atoms with Crippen LogP contribution in [0.4, 0.5) is 10.1 Å². The second kappa shape index (κ2) is 5.92. The molecular formula is C14H12Br2FNO. The highest BCUT2D eigenvalue weighted by Gasteiger charge is 2.05. The lowest BCUT2D eigenvalue weighted by molar-refractivity contribution is 0.471. The van der Waals surface area contributed by atoms with Crippen LogP contribution in [0.25, 0.3) is 0 Å². The van der Waals surface area contributed by atoms with Gasteiger partial charge in [-0.05, 0) is 74.2 Å². The van der Waals surface area contributed by atoms with Gasteiger partial charge in [-0.2, -0.15) is 0 Å². The Labute approximate surface area is 127 Å². The fraction of sp³-hybridized carbons (Fsp3) is 0.143. The first kappa shape index (κ1) is 14.3. The molecule has 0 fully saturated rings. The average molecular weight is 389 g/mol. The van der Waals surface area contributed by atoms with E-state index in [0.29, 0.717) is 15.5 Å². The zero-order valence-corrected chi connectivity index (χ0v) is 13.3. The van der Waals surface area contributed by atoms with Crippen LogP contribution in [-0.4, -0.2) is 5.11 Å². The topological polar surface area (TPSA) is 32.3 Å². The van der Waals surface area contributed by atoms with E-state index in [1.54, 1.807) is 12.1 Å². The van der Waals surface area contributed by atoms with Crippen LogP contribution in [0.5, 0.6) is 5.75 Å². The first-order chi connectivity index (χ1) is 8.97. The Morgan fingerprint density at radius 2 is 1.89 bits per heavy atom. The first-order valence-electron chi connectivity index (χ1n) is 5.64. The number of nitrogens with one attached hydrogen (secondary N) is 1. The highest BCUT2D eigenvalue weighted by atomic mass is 79.9. The average Bonchev–Trinajstić information content (AvgIpc) is 2.36. The lowest BCUT2D eigenvalue weighted by Gasteiger charge is -2.11. The molecular weight excluding hydrogens is 377 g/mol. The zero-order chi connectivity index (χ0) is 14.0. The second-order valence-electron chi connectivity index (χ2n) is 4.22. The molecule has 2 aromatic carbocycles. The number of hydrogen-bond acceptors (Lipinski definition) is 2. The number of hydrogen-bond donors (Lipinski definition) is 2. The van der Waals surface area contributed by atoms with Gasteiger partial charge in [0.25, 0.3) is 0 Å². The normalized spacial score (nSPS) is 10.5. The van der Waals surface area contributed by atoms with Crippen molar-refractivity contribution in [1.29, 1.82) is 0 Å². The third-order valence-corrected chi connectivity index (χ3v) is 4.01. The van der Waals surface area contributed by atoms with Crippen molar-refractivity contribution in [2.24, 2.45) is 0 Å². The molecule has 0 aromatic heterocycles. The Bertz CT molecular complexity index is 617. The number of phenolic OH excluding ortho intramolecular Hbond substituents is 1. The highest BCUT2D eigenvalue weighted by molar-refractivity contribution is 9.10. The van der Waals surface area contributed by atoms with E-state index in [2.05, 4.69) is 37.2 Å². The highest BCUT2D eigenvalue weighted by Crippen LogP contribution is 2.26. The van der Waals surface area contributed by atoms with Gasteiger partial charge >= 0.3 is 0 Å². The van der Waals surface area contributed by atoms with Crippen molar-refractivity contribution in [3.63, 3.8) is 0 Å². The van der Waals surface area contributed by atoms with Gasteiger partial charge in [0.2, 0.25) is 0 Å². The number of aromatic hydroxyl groups is 1. The Hall–Kier alpha value is -1.07. The zero-order valence-electron chi connectivity index (χ0n) is 10.2. The molecule has 2 rings (SSSR count). The third kappa shape index (κ3) is 3.48. The van der Waals surface area contributed by atoms with Crippen LogP contribution < -0.4 is 5.32 Å². The predicted molar refractivity (Wildman–Crippen MR) is 82.0 cm³/mol. The Morgan fingerprint density at radius 3 is 2.58 bits per heavy atom. The molecule has 0 saturated carbocycles. The summed E-state index contributed by atoms with van der Waals surface area (Å²) in [6, 6.07) is 8.47. The SMILES string of the molecule is Cc1cc(Br)c(F)cc1NCc1ccc(O)c(Br)c1. The summed E-state index contributed by atoms with van der Waals surface area (Å²) in [6.45, 7) is 2.47. The molecule has 0 saturated heterocycles. The van der Waals surface area contributed by atoms with Gasteiger partial charge in [0, 0.05) is 12.2 Å². The van der Waals surface area contributed by atoms with Crippen molar-refractivity contribution in [3.8, 4) is 5.75 Å². The van der Waals surface area contributed by atoms with E-state index < -0.39 is 0 Å². The molecule has 2 aromatic rings. The van der Waals surface area contributed by atoms with E-state index in [4.69, 9.17) is 0 Å². The van der Waals surface area contributed by atoms with Crippen LogP contribution in [0.2, 0.25) is 0 Å². The van der Waals surface area contributed by atoms with Crippen LogP contribution in [0.1, 0.15) is 11.1 Å². The minimum atomic E-state index is -0.292. The van der Waals surface area contributed by atoms with Crippen molar-refractivity contribution in [3.05, 3.63) is 56.2 Å². The number of benzene rings is 2. The molecule has 0 bridgehead atoms. The number of anilines is 1. The van der Waals surface area contributed by atoms with Gasteiger partial charge in [-0.25, -0.2) is 4.39 Å². The molecule has 19 heavy (non-hydrogen) atoms. The summed E-state index contributed by atoms with van der Waals surface area (Å²) in [7, 11) is 0. The smallest absolute Gasteiger partial charge is 0.139 e. The van der Waals surface area contributed by atoms with Crippen molar-refractivity contribution < 1.29 is 9.50 Å². The Kier molecular flexibility index (Phi) is 4.47. The van der Waals surface area contributed by atoms with E-state index in [-0.39, 0.29) is 11.6 Å². The minimum Gasteiger partial charge on any atom is -0.507 e. The molecule has 2 nitrogen and oxygen atoms in total. The third-order valence-electron chi connectivity index (χ3n) is 2.76. The van der Waals surface area contributed by atoms with Crippen LogP contribution in [0.15, 0.2) is 39.3 Å². The van der Waals surface area contributed by atoms with Gasteiger partial charge in [0.1, 0.15) is 11.6 Å². The summed E-state index contributed by atoms with van der Waals surface area (Å²) in [5, 5.41) is 12.6. The molecule has 0 aliphatic heterocycles. The Balaban J connectivity index is 2.14. The van der Waals surface area contributed by atoms with Crippen molar-refractivity contribution in [2.75, 3.05) is 5.32 Å². The fourth-order valence-corrected chi connectivity index (χ4v) is 2.58. The van der Waals surface area contributed by atoms with Crippen LogP contribution in [-0.2, 0) is 6.54 Å². The van der Waals surface area contributed by atoms with Crippen LogP contribution in [0, 0.1) is 12.7 Å². The van der Waals surface area contributed by atoms with Crippen LogP contribution >= 0.6 is 31.9 Å². The number of aryl methyl sites for hydroxylation is 1. The van der Waals surface area contributed by atoms with Crippen molar-refractivity contribution >= 4 is 37.5 Å². The molecule has 0 spiro atoms. The number of halogens is 3. The standard InChI is InChI=1S/C14H12Br2FNO/c1-8-4-10(15)12(17)6-13(8)18-7-9-2-3-14(19)11(16)5-9/h2-6,18-19H,7H2,1H3.